The minimum atomic E-state index is -0.577. The van der Waals surface area contributed by atoms with Crippen LogP contribution in [0.1, 0.15) is 24.7 Å². The molecule has 1 aliphatic rings. The Kier molecular flexibility index (Phi) is 4.95. The first-order valence-corrected chi connectivity index (χ1v) is 11.5. The third-order valence-corrected chi connectivity index (χ3v) is 6.25. The van der Waals surface area contributed by atoms with E-state index in [0.717, 1.165) is 12.8 Å². The number of benzene rings is 2. The van der Waals surface area contributed by atoms with Crippen molar-refractivity contribution in [2.45, 2.75) is 18.8 Å². The Morgan fingerprint density at radius 3 is 2.71 bits per heavy atom. The number of nitrogen functional groups attached to an aromatic ring is 2. The van der Waals surface area contributed by atoms with Crippen molar-refractivity contribution in [3.63, 3.8) is 0 Å². The van der Waals surface area contributed by atoms with Gasteiger partial charge < -0.3 is 25.4 Å². The highest BCUT2D eigenvalue weighted by atomic mass is 32.1. The highest BCUT2D eigenvalue weighted by Crippen LogP contribution is 2.40. The fraction of sp³-hybridized carbons (Fsp3) is 0.174. The van der Waals surface area contributed by atoms with E-state index in [1.165, 1.54) is 30.6 Å². The summed E-state index contributed by atoms with van der Waals surface area (Å²) >= 11 is 1.24. The topological polar surface area (TPSA) is 148 Å². The summed E-state index contributed by atoms with van der Waals surface area (Å²) in [6, 6.07) is 7.63. The summed E-state index contributed by atoms with van der Waals surface area (Å²) in [5.74, 6) is 1.76. The summed E-state index contributed by atoms with van der Waals surface area (Å²) in [5, 5.41) is 10.7. The average molecular weight is 492 g/mol. The zero-order chi connectivity index (χ0) is 24.1. The molecule has 12 heteroatoms. The van der Waals surface area contributed by atoms with Gasteiger partial charge in [0, 0.05) is 28.8 Å². The molecular weight excluding hydrogens is 473 g/mol. The van der Waals surface area contributed by atoms with E-state index in [-0.39, 0.29) is 23.0 Å². The van der Waals surface area contributed by atoms with Crippen LogP contribution < -0.4 is 20.9 Å². The minimum absolute atomic E-state index is 0.130. The number of hydrogen-bond donors (Lipinski definition) is 2. The zero-order valence-electron chi connectivity index (χ0n) is 18.4. The number of fused-ring (bicyclic) bond motifs is 1. The van der Waals surface area contributed by atoms with E-state index in [0.29, 0.717) is 50.9 Å². The van der Waals surface area contributed by atoms with Crippen molar-refractivity contribution in [2.24, 2.45) is 0 Å². The van der Waals surface area contributed by atoms with E-state index in [1.54, 1.807) is 23.6 Å². The molecule has 4 N–H and O–H groups in total. The number of hydrogen-bond acceptors (Lipinski definition) is 11. The quantitative estimate of drug-likeness (QED) is 0.318. The van der Waals surface area contributed by atoms with Crippen LogP contribution in [0.2, 0.25) is 0 Å². The maximum absolute atomic E-state index is 15.0. The molecule has 35 heavy (non-hydrogen) atoms. The van der Waals surface area contributed by atoms with E-state index in [4.69, 9.17) is 25.4 Å². The Hall–Kier alpha value is -4.32. The first kappa shape index (κ1) is 21.2. The van der Waals surface area contributed by atoms with Gasteiger partial charge in [-0.2, -0.15) is 4.98 Å². The molecule has 3 heterocycles. The van der Waals surface area contributed by atoms with Crippen LogP contribution in [0.4, 0.5) is 15.9 Å². The van der Waals surface area contributed by atoms with Gasteiger partial charge in [-0.25, -0.2) is 14.4 Å². The normalized spacial score (nSPS) is 13.3. The van der Waals surface area contributed by atoms with E-state index in [2.05, 4.69) is 25.1 Å². The van der Waals surface area contributed by atoms with Crippen LogP contribution in [-0.4, -0.2) is 32.3 Å². The van der Waals surface area contributed by atoms with Gasteiger partial charge in [0.15, 0.2) is 5.82 Å². The van der Waals surface area contributed by atoms with Crippen molar-refractivity contribution >= 4 is 33.7 Å². The van der Waals surface area contributed by atoms with E-state index < -0.39 is 5.82 Å². The number of aromatic nitrogens is 5. The van der Waals surface area contributed by atoms with Crippen LogP contribution in [0.25, 0.3) is 33.9 Å². The predicted molar refractivity (Wildman–Crippen MR) is 128 cm³/mol. The maximum atomic E-state index is 15.0. The predicted octanol–water partition coefficient (Wildman–Crippen LogP) is 4.79. The molecule has 0 radical (unpaired) electrons. The summed E-state index contributed by atoms with van der Waals surface area (Å²) in [6.45, 7) is 0. The van der Waals surface area contributed by atoms with Gasteiger partial charge in [-0.15, -0.1) is 10.2 Å². The number of nitrogens with two attached hydrogens (primary N) is 2. The SMILES string of the molecule is COc1cc2nc(-c3ccc(Oc4nc(-c5nnc(C6CC6)o5)cs4)cc3F)nc(N)c2cc1N. The Labute approximate surface area is 201 Å². The van der Waals surface area contributed by atoms with Crippen LogP contribution in [0.5, 0.6) is 16.7 Å². The average Bonchev–Trinajstić information content (AvgIpc) is 3.38. The molecule has 1 fully saturated rings. The third kappa shape index (κ3) is 3.97. The lowest BCUT2D eigenvalue weighted by molar-refractivity contribution is 0.417. The summed E-state index contributed by atoms with van der Waals surface area (Å²) < 4.78 is 31.7. The lowest BCUT2D eigenvalue weighted by Crippen LogP contribution is -2.01. The van der Waals surface area contributed by atoms with Crippen LogP contribution in [-0.2, 0) is 0 Å². The second-order valence-corrected chi connectivity index (χ2v) is 8.83. The molecule has 0 saturated heterocycles. The Bertz CT molecular complexity index is 1580. The second-order valence-electron chi connectivity index (χ2n) is 8.01. The standard InChI is InChI=1S/C23H18FN7O3S/c1-32-18-8-16-13(7-15(18)25)19(26)29-20(27-16)12-5-4-11(6-14(12)24)33-23-28-17(9-35-23)22-31-30-21(34-22)10-2-3-10/h4-10H,2-3,25H2,1H3,(H2,26,27,29). The molecule has 176 valence electrons. The van der Waals surface area contributed by atoms with Gasteiger partial charge in [-0.3, -0.25) is 0 Å². The fourth-order valence-corrected chi connectivity index (χ4v) is 4.23. The maximum Gasteiger partial charge on any atom is 0.279 e. The summed E-state index contributed by atoms with van der Waals surface area (Å²) in [5.41, 5.74) is 13.6. The van der Waals surface area contributed by atoms with Gasteiger partial charge in [0.25, 0.3) is 11.1 Å². The van der Waals surface area contributed by atoms with E-state index in [9.17, 15) is 0 Å². The monoisotopic (exact) mass is 491 g/mol. The number of methoxy groups -OCH3 is 1. The van der Waals surface area contributed by atoms with Gasteiger partial charge in [-0.05, 0) is 31.0 Å². The molecule has 0 unspecified atom stereocenters. The Morgan fingerprint density at radius 1 is 1.09 bits per heavy atom. The van der Waals surface area contributed by atoms with Gasteiger partial charge in [0.05, 0.1) is 23.9 Å². The van der Waals surface area contributed by atoms with Gasteiger partial charge in [0.1, 0.15) is 28.8 Å². The molecule has 1 saturated carbocycles. The highest BCUT2D eigenvalue weighted by molar-refractivity contribution is 7.11. The van der Waals surface area contributed by atoms with Crippen LogP contribution >= 0.6 is 11.3 Å². The molecule has 5 aromatic rings. The van der Waals surface area contributed by atoms with Gasteiger partial charge in [0.2, 0.25) is 5.89 Å². The van der Waals surface area contributed by atoms with Crippen molar-refractivity contribution in [2.75, 3.05) is 18.6 Å². The lowest BCUT2D eigenvalue weighted by Gasteiger charge is -2.10. The van der Waals surface area contributed by atoms with Crippen molar-refractivity contribution in [3.05, 3.63) is 47.4 Å². The van der Waals surface area contributed by atoms with Crippen LogP contribution in [0.3, 0.4) is 0 Å². The minimum Gasteiger partial charge on any atom is -0.495 e. The van der Waals surface area contributed by atoms with Crippen molar-refractivity contribution in [1.82, 2.24) is 25.1 Å². The van der Waals surface area contributed by atoms with Crippen molar-refractivity contribution < 1.29 is 18.3 Å². The summed E-state index contributed by atoms with van der Waals surface area (Å²) in [7, 11) is 1.50. The molecule has 0 bridgehead atoms. The summed E-state index contributed by atoms with van der Waals surface area (Å²) in [4.78, 5) is 13.1. The number of thiazole rings is 1. The Morgan fingerprint density at radius 2 is 1.94 bits per heavy atom. The fourth-order valence-electron chi connectivity index (χ4n) is 3.57. The molecule has 3 aromatic heterocycles. The molecule has 0 spiro atoms. The molecule has 0 amide bonds. The molecular formula is C23H18FN7O3S. The Balaban J connectivity index is 1.26. The number of halogens is 1. The molecule has 2 aromatic carbocycles. The van der Waals surface area contributed by atoms with Gasteiger partial charge >= 0.3 is 0 Å². The van der Waals surface area contributed by atoms with Crippen molar-refractivity contribution in [3.8, 4) is 39.7 Å². The first-order chi connectivity index (χ1) is 17.0. The van der Waals surface area contributed by atoms with Crippen LogP contribution in [0.15, 0.2) is 40.1 Å². The van der Waals surface area contributed by atoms with E-state index in [1.807, 2.05) is 0 Å². The number of nitrogens with zero attached hydrogens (tertiary/aromatic N) is 5. The zero-order valence-corrected chi connectivity index (χ0v) is 19.2. The number of ether oxygens (including phenoxy) is 2. The highest BCUT2D eigenvalue weighted by Gasteiger charge is 2.30. The van der Waals surface area contributed by atoms with E-state index >= 15 is 4.39 Å². The molecule has 10 nitrogen and oxygen atoms in total. The second kappa shape index (κ2) is 8.17. The van der Waals surface area contributed by atoms with Gasteiger partial charge in [-0.1, -0.05) is 11.3 Å². The smallest absolute Gasteiger partial charge is 0.279 e. The molecule has 1 aliphatic carbocycles. The first-order valence-electron chi connectivity index (χ1n) is 10.7. The number of rotatable bonds is 6. The molecule has 0 aliphatic heterocycles. The number of anilines is 2. The largest absolute Gasteiger partial charge is 0.495 e. The molecule has 6 rings (SSSR count). The van der Waals surface area contributed by atoms with Crippen molar-refractivity contribution in [1.29, 1.82) is 0 Å². The molecule has 0 atom stereocenters. The summed E-state index contributed by atoms with van der Waals surface area (Å²) in [6.07, 6.45) is 2.13. The van der Waals surface area contributed by atoms with Crippen LogP contribution in [0, 0.1) is 5.82 Å². The third-order valence-electron chi connectivity index (χ3n) is 5.53. The lowest BCUT2D eigenvalue weighted by atomic mass is 10.1.